The number of ketones is 1. The Balaban J connectivity index is 1.34. The van der Waals surface area contributed by atoms with Crippen molar-refractivity contribution in [2.45, 2.75) is 102 Å². The molecule has 0 aromatic heterocycles. The van der Waals surface area contributed by atoms with E-state index in [-0.39, 0.29) is 16.2 Å². The summed E-state index contributed by atoms with van der Waals surface area (Å²) in [5.74, 6) is 1.56. The van der Waals surface area contributed by atoms with Gasteiger partial charge in [0.15, 0.2) is 5.79 Å². The number of Topliss-reactive ketones (excluding diaryl/α,β-unsaturated/α-hetero) is 1. The lowest BCUT2D eigenvalue weighted by Gasteiger charge is -2.69. The Morgan fingerprint density at radius 3 is 2.65 bits per heavy atom. The quantitative estimate of drug-likeness (QED) is 0.492. The van der Waals surface area contributed by atoms with Crippen molar-refractivity contribution in [1.82, 2.24) is 0 Å². The Morgan fingerprint density at radius 1 is 1.11 bits per heavy atom. The summed E-state index contributed by atoms with van der Waals surface area (Å²) in [6.07, 6.45) is 10.7. The molecule has 2 unspecified atom stereocenters. The molecule has 1 aliphatic heterocycles. The van der Waals surface area contributed by atoms with Crippen LogP contribution >= 0.6 is 0 Å². The van der Waals surface area contributed by atoms with Gasteiger partial charge in [-0.1, -0.05) is 45.0 Å². The summed E-state index contributed by atoms with van der Waals surface area (Å²) >= 11 is 0. The van der Waals surface area contributed by atoms with Crippen LogP contribution in [-0.4, -0.2) is 35.5 Å². The van der Waals surface area contributed by atoms with Crippen LogP contribution in [0.1, 0.15) is 94.7 Å². The van der Waals surface area contributed by atoms with Gasteiger partial charge in [0.05, 0.1) is 18.8 Å². The summed E-state index contributed by atoms with van der Waals surface area (Å²) in [4.78, 5) is 13.3. The summed E-state index contributed by atoms with van der Waals surface area (Å²) in [6.45, 7) is 12.0. The fourth-order valence-electron chi connectivity index (χ4n) is 10.4. The van der Waals surface area contributed by atoms with Crippen LogP contribution in [0.15, 0.2) is 30.9 Å². The molecule has 7 rings (SSSR count). The zero-order valence-corrected chi connectivity index (χ0v) is 23.0. The second-order valence-corrected chi connectivity index (χ2v) is 14.7. The number of carbonyl (C=O) groups is 1. The molecular formula is C33H44O4. The zero-order chi connectivity index (χ0) is 25.8. The van der Waals surface area contributed by atoms with Crippen molar-refractivity contribution < 1.29 is 19.4 Å². The molecule has 2 spiro atoms. The highest BCUT2D eigenvalue weighted by Gasteiger charge is 2.72. The van der Waals surface area contributed by atoms with Crippen molar-refractivity contribution in [1.29, 1.82) is 0 Å². The van der Waals surface area contributed by atoms with Crippen LogP contribution < -0.4 is 0 Å². The fourth-order valence-corrected chi connectivity index (χ4v) is 10.4. The molecule has 1 aromatic rings. The van der Waals surface area contributed by atoms with Gasteiger partial charge in [-0.3, -0.25) is 4.79 Å². The van der Waals surface area contributed by atoms with E-state index >= 15 is 0 Å². The van der Waals surface area contributed by atoms with Crippen LogP contribution in [0.3, 0.4) is 0 Å². The molecule has 37 heavy (non-hydrogen) atoms. The predicted octanol–water partition coefficient (Wildman–Crippen LogP) is 6.14. The average Bonchev–Trinajstić information content (AvgIpc) is 3.16. The first-order chi connectivity index (χ1) is 17.5. The molecular weight excluding hydrogens is 460 g/mol. The Kier molecular flexibility index (Phi) is 5.17. The summed E-state index contributed by atoms with van der Waals surface area (Å²) in [7, 11) is 0. The maximum atomic E-state index is 13.3. The third kappa shape index (κ3) is 3.28. The SMILES string of the molecule is C=CCc1ccc2c(c1)C[C@]13CCC4(C[C@]1(O)CC[C@@H]1C3C2C[C@]2(C)C(=O)CC[C@@H]12)OCC(C)(C)CO4. The van der Waals surface area contributed by atoms with Crippen LogP contribution in [0.4, 0.5) is 0 Å². The molecule has 1 heterocycles. The van der Waals surface area contributed by atoms with E-state index in [0.717, 1.165) is 57.8 Å². The number of fused-ring (bicyclic) bond motifs is 4. The highest BCUT2D eigenvalue weighted by Crippen LogP contribution is 2.73. The minimum Gasteiger partial charge on any atom is -0.389 e. The van der Waals surface area contributed by atoms with E-state index in [0.29, 0.717) is 49.1 Å². The zero-order valence-electron chi connectivity index (χ0n) is 23.0. The summed E-state index contributed by atoms with van der Waals surface area (Å²) in [6, 6.07) is 7.02. The minimum atomic E-state index is -0.811. The molecule has 1 aromatic carbocycles. The van der Waals surface area contributed by atoms with E-state index in [9.17, 15) is 9.90 Å². The molecule has 5 fully saturated rings. The van der Waals surface area contributed by atoms with Gasteiger partial charge >= 0.3 is 0 Å². The highest BCUT2D eigenvalue weighted by atomic mass is 16.7. The number of hydrogen-bond acceptors (Lipinski definition) is 4. The third-order valence-corrected chi connectivity index (χ3v) is 12.1. The number of rotatable bonds is 2. The number of hydrogen-bond donors (Lipinski definition) is 1. The van der Waals surface area contributed by atoms with Gasteiger partial charge in [-0.25, -0.2) is 0 Å². The summed E-state index contributed by atoms with van der Waals surface area (Å²) < 4.78 is 13.0. The fraction of sp³-hybridized carbons (Fsp3) is 0.727. The maximum absolute atomic E-state index is 13.3. The Bertz CT molecular complexity index is 1140. The lowest BCUT2D eigenvalue weighted by atomic mass is 9.37. The van der Waals surface area contributed by atoms with Crippen molar-refractivity contribution in [2.75, 3.05) is 13.2 Å². The monoisotopic (exact) mass is 504 g/mol. The Hall–Kier alpha value is -1.49. The smallest absolute Gasteiger partial charge is 0.171 e. The second kappa shape index (κ2) is 7.79. The van der Waals surface area contributed by atoms with Crippen LogP contribution in [-0.2, 0) is 27.1 Å². The lowest BCUT2D eigenvalue weighted by Crippen LogP contribution is -2.70. The summed E-state index contributed by atoms with van der Waals surface area (Å²) in [5, 5.41) is 12.8. The van der Waals surface area contributed by atoms with Gasteiger partial charge in [0.25, 0.3) is 0 Å². The molecule has 7 atom stereocenters. The first-order valence-electron chi connectivity index (χ1n) is 14.8. The van der Waals surface area contributed by atoms with Crippen molar-refractivity contribution in [3.05, 3.63) is 47.5 Å². The van der Waals surface area contributed by atoms with E-state index in [1.54, 1.807) is 0 Å². The molecule has 0 bridgehead atoms. The number of benzene rings is 1. The number of allylic oxidation sites excluding steroid dienone is 1. The Morgan fingerprint density at radius 2 is 1.89 bits per heavy atom. The minimum absolute atomic E-state index is 0.0138. The van der Waals surface area contributed by atoms with Gasteiger partial charge in [-0.15, -0.1) is 6.58 Å². The van der Waals surface area contributed by atoms with Crippen molar-refractivity contribution >= 4 is 5.78 Å². The van der Waals surface area contributed by atoms with Gasteiger partial charge in [-0.05, 0) is 85.3 Å². The average molecular weight is 505 g/mol. The van der Waals surface area contributed by atoms with Gasteiger partial charge in [0, 0.05) is 35.5 Å². The number of ether oxygens (including phenoxy) is 2. The van der Waals surface area contributed by atoms with Crippen LogP contribution in [0.5, 0.6) is 0 Å². The van der Waals surface area contributed by atoms with Crippen molar-refractivity contribution in [3.8, 4) is 0 Å². The van der Waals surface area contributed by atoms with E-state index < -0.39 is 11.4 Å². The second-order valence-electron chi connectivity index (χ2n) is 14.7. The molecule has 0 amide bonds. The molecule has 6 aliphatic rings. The topological polar surface area (TPSA) is 55.8 Å². The largest absolute Gasteiger partial charge is 0.389 e. The Labute approximate surface area is 222 Å². The van der Waals surface area contributed by atoms with Gasteiger partial charge in [-0.2, -0.15) is 0 Å². The van der Waals surface area contributed by atoms with Crippen LogP contribution in [0, 0.1) is 34.0 Å². The number of carbonyl (C=O) groups excluding carboxylic acids is 1. The molecule has 4 saturated carbocycles. The standard InChI is InChI=1S/C33H44O4/c1-5-6-21-7-8-23-22(15-21)16-31-13-14-33(36-19-29(2,3)20-37-33)18-32(31,35)12-11-24-26-9-10-27(34)30(26,4)17-25(23)28(24)31/h5,7-8,15,24-26,28,35H,1,6,9-14,16-20H2,2-4H3/t24-,25?,26-,28?,30-,31-,32+/m0/s1. The lowest BCUT2D eigenvalue weighted by molar-refractivity contribution is -0.357. The maximum Gasteiger partial charge on any atom is 0.171 e. The van der Waals surface area contributed by atoms with E-state index in [1.807, 2.05) is 6.08 Å². The van der Waals surface area contributed by atoms with Gasteiger partial charge in [0.1, 0.15) is 5.78 Å². The van der Waals surface area contributed by atoms with Crippen LogP contribution in [0.2, 0.25) is 0 Å². The molecule has 4 heteroatoms. The first-order valence-corrected chi connectivity index (χ1v) is 14.8. The predicted molar refractivity (Wildman–Crippen MR) is 143 cm³/mol. The van der Waals surface area contributed by atoms with E-state index in [2.05, 4.69) is 45.5 Å². The van der Waals surface area contributed by atoms with E-state index in [1.165, 1.54) is 16.7 Å². The molecule has 200 valence electrons. The molecule has 4 nitrogen and oxygen atoms in total. The third-order valence-electron chi connectivity index (χ3n) is 12.1. The summed E-state index contributed by atoms with van der Waals surface area (Å²) in [5.41, 5.74) is 2.95. The van der Waals surface area contributed by atoms with Gasteiger partial charge in [0.2, 0.25) is 0 Å². The van der Waals surface area contributed by atoms with Crippen LogP contribution in [0.25, 0.3) is 0 Å². The number of aliphatic hydroxyl groups is 1. The molecule has 1 N–H and O–H groups in total. The normalized spacial score (nSPS) is 44.9. The first kappa shape index (κ1) is 24.5. The molecule has 1 saturated heterocycles. The van der Waals surface area contributed by atoms with Gasteiger partial charge < -0.3 is 14.6 Å². The van der Waals surface area contributed by atoms with E-state index in [4.69, 9.17) is 9.47 Å². The highest BCUT2D eigenvalue weighted by molar-refractivity contribution is 5.87. The van der Waals surface area contributed by atoms with Crippen molar-refractivity contribution in [3.63, 3.8) is 0 Å². The molecule has 0 radical (unpaired) electrons. The van der Waals surface area contributed by atoms with Crippen molar-refractivity contribution in [2.24, 2.45) is 34.0 Å². The molecule has 5 aliphatic carbocycles.